The van der Waals surface area contributed by atoms with Crippen LogP contribution in [0.4, 0.5) is 0 Å². The number of hydrogen-bond donors (Lipinski definition) is 0. The van der Waals surface area contributed by atoms with Gasteiger partial charge in [-0.2, -0.15) is 0 Å². The molecule has 0 aromatic heterocycles. The van der Waals surface area contributed by atoms with Gasteiger partial charge >= 0.3 is 0 Å². The van der Waals surface area contributed by atoms with Gasteiger partial charge in [-0.3, -0.25) is 0 Å². The maximum absolute atomic E-state index is 5.57. The average molecular weight is 259 g/mol. The monoisotopic (exact) mass is 258 g/mol. The van der Waals surface area contributed by atoms with Crippen LogP contribution in [0.5, 0.6) is 0 Å². The quantitative estimate of drug-likeness (QED) is 0.808. The first-order valence-corrected chi connectivity index (χ1v) is 5.43. The predicted molar refractivity (Wildman–Crippen MR) is 60.4 cm³/mol. The van der Waals surface area contributed by atoms with Crippen LogP contribution in [0.1, 0.15) is 18.6 Å². The molecule has 2 nitrogen and oxygen atoms in total. The Morgan fingerprint density at radius 1 is 1.29 bits per heavy atom. The van der Waals surface area contributed by atoms with Gasteiger partial charge in [-0.05, 0) is 24.6 Å². The molecule has 78 valence electrons. The summed E-state index contributed by atoms with van der Waals surface area (Å²) in [5.41, 5.74) is 1.15. The van der Waals surface area contributed by atoms with Crippen molar-refractivity contribution in [3.05, 3.63) is 34.3 Å². The van der Waals surface area contributed by atoms with E-state index in [9.17, 15) is 0 Å². The molecular formula is C11H15BrO2. The molecule has 0 saturated carbocycles. The molecule has 0 heterocycles. The molecule has 0 fully saturated rings. The standard InChI is InChI=1S/C11H15BrO2/c1-3-14-11(8-13-2)9-4-6-10(12)7-5-9/h4-7,11H,3,8H2,1-2H3. The minimum absolute atomic E-state index is 0.0399. The fourth-order valence-electron chi connectivity index (χ4n) is 1.27. The van der Waals surface area contributed by atoms with Gasteiger partial charge in [-0.15, -0.1) is 0 Å². The molecular weight excluding hydrogens is 244 g/mol. The maximum Gasteiger partial charge on any atom is 0.106 e. The lowest BCUT2D eigenvalue weighted by Gasteiger charge is -2.16. The third kappa shape index (κ3) is 3.40. The van der Waals surface area contributed by atoms with Gasteiger partial charge in [0.1, 0.15) is 6.10 Å². The first-order valence-electron chi connectivity index (χ1n) is 4.64. The van der Waals surface area contributed by atoms with Crippen molar-refractivity contribution in [2.45, 2.75) is 13.0 Å². The number of hydrogen-bond acceptors (Lipinski definition) is 2. The molecule has 0 N–H and O–H groups in total. The summed E-state index contributed by atoms with van der Waals surface area (Å²) in [6.45, 7) is 3.28. The van der Waals surface area contributed by atoms with E-state index in [0.29, 0.717) is 13.2 Å². The highest BCUT2D eigenvalue weighted by Crippen LogP contribution is 2.20. The van der Waals surface area contributed by atoms with Crippen molar-refractivity contribution >= 4 is 15.9 Å². The molecule has 0 aliphatic carbocycles. The summed E-state index contributed by atoms with van der Waals surface area (Å²) in [4.78, 5) is 0. The molecule has 0 spiro atoms. The van der Waals surface area contributed by atoms with Crippen molar-refractivity contribution in [1.82, 2.24) is 0 Å². The van der Waals surface area contributed by atoms with Crippen LogP contribution in [0.25, 0.3) is 0 Å². The number of ether oxygens (including phenoxy) is 2. The van der Waals surface area contributed by atoms with E-state index >= 15 is 0 Å². The third-order valence-corrected chi connectivity index (χ3v) is 2.46. The largest absolute Gasteiger partial charge is 0.382 e. The molecule has 0 aliphatic rings. The fraction of sp³-hybridized carbons (Fsp3) is 0.455. The molecule has 14 heavy (non-hydrogen) atoms. The van der Waals surface area contributed by atoms with Crippen LogP contribution < -0.4 is 0 Å². The lowest BCUT2D eigenvalue weighted by molar-refractivity contribution is 0.00279. The van der Waals surface area contributed by atoms with Gasteiger partial charge in [0, 0.05) is 18.2 Å². The highest BCUT2D eigenvalue weighted by molar-refractivity contribution is 9.10. The van der Waals surface area contributed by atoms with Gasteiger partial charge in [0.05, 0.1) is 6.61 Å². The average Bonchev–Trinajstić information content (AvgIpc) is 2.19. The molecule has 0 saturated heterocycles. The summed E-state index contributed by atoms with van der Waals surface area (Å²) < 4.78 is 11.8. The van der Waals surface area contributed by atoms with Crippen molar-refractivity contribution in [2.75, 3.05) is 20.3 Å². The molecule has 1 aromatic rings. The zero-order valence-electron chi connectivity index (χ0n) is 8.50. The van der Waals surface area contributed by atoms with Gasteiger partial charge in [0.2, 0.25) is 0 Å². The second kappa shape index (κ2) is 6.17. The highest BCUT2D eigenvalue weighted by Gasteiger charge is 2.10. The van der Waals surface area contributed by atoms with Crippen LogP contribution in [-0.4, -0.2) is 20.3 Å². The van der Waals surface area contributed by atoms with Crippen molar-refractivity contribution in [1.29, 1.82) is 0 Å². The summed E-state index contributed by atoms with van der Waals surface area (Å²) in [7, 11) is 1.69. The normalized spacial score (nSPS) is 12.8. The van der Waals surface area contributed by atoms with Crippen LogP contribution >= 0.6 is 15.9 Å². The van der Waals surface area contributed by atoms with Crippen LogP contribution in [0.15, 0.2) is 28.7 Å². The second-order valence-corrected chi connectivity index (χ2v) is 3.87. The number of halogens is 1. The molecule has 1 unspecified atom stereocenters. The third-order valence-electron chi connectivity index (χ3n) is 1.93. The first-order chi connectivity index (χ1) is 6.77. The summed E-state index contributed by atoms with van der Waals surface area (Å²) in [6.07, 6.45) is 0.0399. The summed E-state index contributed by atoms with van der Waals surface area (Å²) in [5.74, 6) is 0. The Morgan fingerprint density at radius 3 is 2.43 bits per heavy atom. The number of benzene rings is 1. The van der Waals surface area contributed by atoms with Crippen LogP contribution in [0, 0.1) is 0 Å². The fourth-order valence-corrected chi connectivity index (χ4v) is 1.53. The van der Waals surface area contributed by atoms with E-state index in [2.05, 4.69) is 15.9 Å². The van der Waals surface area contributed by atoms with E-state index in [0.717, 1.165) is 10.0 Å². The topological polar surface area (TPSA) is 18.5 Å². The molecule has 3 heteroatoms. The summed E-state index contributed by atoms with van der Waals surface area (Å²) in [5, 5.41) is 0. The minimum atomic E-state index is 0.0399. The Bertz CT molecular complexity index is 252. The first kappa shape index (κ1) is 11.7. The van der Waals surface area contributed by atoms with E-state index < -0.39 is 0 Å². The van der Waals surface area contributed by atoms with Crippen molar-refractivity contribution in [2.24, 2.45) is 0 Å². The van der Waals surface area contributed by atoms with E-state index in [1.54, 1.807) is 7.11 Å². The van der Waals surface area contributed by atoms with E-state index in [1.165, 1.54) is 0 Å². The molecule has 0 radical (unpaired) electrons. The predicted octanol–water partition coefficient (Wildman–Crippen LogP) is 3.17. The van der Waals surface area contributed by atoms with Gasteiger partial charge in [0.25, 0.3) is 0 Å². The molecule has 0 bridgehead atoms. The van der Waals surface area contributed by atoms with Crippen LogP contribution in [0.3, 0.4) is 0 Å². The lowest BCUT2D eigenvalue weighted by atomic mass is 10.1. The zero-order valence-corrected chi connectivity index (χ0v) is 10.1. The zero-order chi connectivity index (χ0) is 10.4. The van der Waals surface area contributed by atoms with E-state index in [4.69, 9.17) is 9.47 Å². The van der Waals surface area contributed by atoms with Gasteiger partial charge in [0.15, 0.2) is 0 Å². The molecule has 1 atom stereocenters. The van der Waals surface area contributed by atoms with Crippen molar-refractivity contribution in [3.63, 3.8) is 0 Å². The smallest absolute Gasteiger partial charge is 0.106 e. The number of methoxy groups -OCH3 is 1. The maximum atomic E-state index is 5.57. The van der Waals surface area contributed by atoms with E-state index in [1.807, 2.05) is 31.2 Å². The van der Waals surface area contributed by atoms with Crippen LogP contribution in [-0.2, 0) is 9.47 Å². The highest BCUT2D eigenvalue weighted by atomic mass is 79.9. The van der Waals surface area contributed by atoms with Gasteiger partial charge in [-0.1, -0.05) is 28.1 Å². The van der Waals surface area contributed by atoms with Crippen molar-refractivity contribution < 1.29 is 9.47 Å². The Labute approximate surface area is 93.4 Å². The lowest BCUT2D eigenvalue weighted by Crippen LogP contribution is -2.10. The number of rotatable bonds is 5. The summed E-state index contributed by atoms with van der Waals surface area (Å²) in [6, 6.07) is 8.11. The van der Waals surface area contributed by atoms with Crippen LogP contribution in [0.2, 0.25) is 0 Å². The van der Waals surface area contributed by atoms with E-state index in [-0.39, 0.29) is 6.10 Å². The Balaban J connectivity index is 2.71. The second-order valence-electron chi connectivity index (χ2n) is 2.95. The summed E-state index contributed by atoms with van der Waals surface area (Å²) >= 11 is 3.40. The molecule has 0 amide bonds. The van der Waals surface area contributed by atoms with Gasteiger partial charge < -0.3 is 9.47 Å². The Kier molecular flexibility index (Phi) is 5.15. The molecule has 1 rings (SSSR count). The Hall–Kier alpha value is -0.380. The van der Waals surface area contributed by atoms with Crippen molar-refractivity contribution in [3.8, 4) is 0 Å². The SMILES string of the molecule is CCOC(COC)c1ccc(Br)cc1. The molecule has 1 aromatic carbocycles. The van der Waals surface area contributed by atoms with Gasteiger partial charge in [-0.25, -0.2) is 0 Å². The molecule has 0 aliphatic heterocycles. The minimum Gasteiger partial charge on any atom is -0.382 e. The Morgan fingerprint density at radius 2 is 1.93 bits per heavy atom.